The molecule has 0 aromatic heterocycles. The molecule has 2 aromatic rings. The number of aliphatic hydroxyl groups excluding tert-OH is 1. The van der Waals surface area contributed by atoms with E-state index in [9.17, 15) is 9.30 Å². The zero-order valence-corrected chi connectivity index (χ0v) is 11.6. The highest BCUT2D eigenvalue weighted by molar-refractivity contribution is 7.59. The van der Waals surface area contributed by atoms with Crippen LogP contribution < -0.4 is 10.0 Å². The van der Waals surface area contributed by atoms with Gasteiger partial charge in [-0.2, -0.15) is 0 Å². The molecule has 0 fully saturated rings. The Hall–Kier alpha value is -1.44. The summed E-state index contributed by atoms with van der Waals surface area (Å²) in [5.41, 5.74) is 1.44. The van der Waals surface area contributed by atoms with Crippen molar-refractivity contribution >= 4 is 13.5 Å². The van der Waals surface area contributed by atoms with Crippen molar-refractivity contribution in [1.29, 1.82) is 0 Å². The van der Waals surface area contributed by atoms with Crippen molar-refractivity contribution in [2.75, 3.05) is 6.66 Å². The number of para-hydroxylation sites is 1. The van der Waals surface area contributed by atoms with Crippen LogP contribution in [0.3, 0.4) is 0 Å². The molecular formula is C15H16FO2P. The second-order valence-corrected chi connectivity index (χ2v) is 5.56. The van der Waals surface area contributed by atoms with Crippen molar-refractivity contribution in [2.45, 2.75) is 13.2 Å². The molecule has 0 heterocycles. The highest BCUT2D eigenvalue weighted by Gasteiger charge is 2.14. The van der Waals surface area contributed by atoms with Crippen LogP contribution >= 0.6 is 8.23 Å². The number of aliphatic hydroxyl groups is 1. The molecule has 0 radical (unpaired) electrons. The Balaban J connectivity index is 2.20. The van der Waals surface area contributed by atoms with Gasteiger partial charge in [-0.15, -0.1) is 0 Å². The Kier molecular flexibility index (Phi) is 4.89. The summed E-state index contributed by atoms with van der Waals surface area (Å²) in [6.07, 6.45) is 0. The van der Waals surface area contributed by atoms with E-state index in [-0.39, 0.29) is 6.61 Å². The zero-order chi connectivity index (χ0) is 13.7. The molecule has 2 nitrogen and oxygen atoms in total. The van der Waals surface area contributed by atoms with Crippen LogP contribution in [0.25, 0.3) is 0 Å². The van der Waals surface area contributed by atoms with E-state index in [2.05, 4.69) is 0 Å². The van der Waals surface area contributed by atoms with Gasteiger partial charge in [-0.25, -0.2) is 4.20 Å². The van der Waals surface area contributed by atoms with Crippen LogP contribution in [0.2, 0.25) is 0 Å². The number of ether oxygens (including phenoxy) is 1. The van der Waals surface area contributed by atoms with Crippen LogP contribution in [-0.2, 0) is 13.2 Å². The Bertz CT molecular complexity index is 529. The quantitative estimate of drug-likeness (QED) is 0.850. The molecule has 4 heteroatoms. The van der Waals surface area contributed by atoms with Crippen LogP contribution in [0, 0.1) is 0 Å². The molecule has 0 aliphatic rings. The molecule has 0 amide bonds. The predicted octanol–water partition coefficient (Wildman–Crippen LogP) is 3.38. The van der Waals surface area contributed by atoms with Gasteiger partial charge in [0.2, 0.25) is 0 Å². The molecular weight excluding hydrogens is 262 g/mol. The molecule has 2 rings (SSSR count). The van der Waals surface area contributed by atoms with Gasteiger partial charge < -0.3 is 9.84 Å². The molecule has 0 saturated heterocycles. The van der Waals surface area contributed by atoms with Gasteiger partial charge in [-0.3, -0.25) is 0 Å². The number of hydrogen-bond acceptors (Lipinski definition) is 2. The number of benzene rings is 2. The average Bonchev–Trinajstić information content (AvgIpc) is 2.45. The lowest BCUT2D eigenvalue weighted by atomic mass is 10.1. The molecule has 2 aromatic carbocycles. The van der Waals surface area contributed by atoms with E-state index in [4.69, 9.17) is 4.74 Å². The summed E-state index contributed by atoms with van der Waals surface area (Å²) >= 11 is 0. The Morgan fingerprint density at radius 1 is 1.05 bits per heavy atom. The van der Waals surface area contributed by atoms with Gasteiger partial charge in [0.25, 0.3) is 0 Å². The SMILES string of the molecule is CP(F)c1c(CO)cccc1COc1ccccc1. The van der Waals surface area contributed by atoms with Gasteiger partial charge in [-0.05, 0) is 29.9 Å². The van der Waals surface area contributed by atoms with Crippen molar-refractivity contribution in [1.82, 2.24) is 0 Å². The molecule has 19 heavy (non-hydrogen) atoms. The second kappa shape index (κ2) is 6.65. The van der Waals surface area contributed by atoms with Gasteiger partial charge in [0.1, 0.15) is 20.6 Å². The Morgan fingerprint density at radius 2 is 1.74 bits per heavy atom. The van der Waals surface area contributed by atoms with E-state index < -0.39 is 8.23 Å². The number of hydrogen-bond donors (Lipinski definition) is 1. The van der Waals surface area contributed by atoms with E-state index in [0.717, 1.165) is 11.3 Å². The normalized spacial score (nSPS) is 12.2. The molecule has 0 spiro atoms. The van der Waals surface area contributed by atoms with Crippen molar-refractivity contribution in [3.8, 4) is 5.75 Å². The highest BCUT2D eigenvalue weighted by Crippen LogP contribution is 2.34. The summed E-state index contributed by atoms with van der Waals surface area (Å²) in [4.78, 5) is 0. The Labute approximate surface area is 113 Å². The largest absolute Gasteiger partial charge is 0.489 e. The van der Waals surface area contributed by atoms with Gasteiger partial charge in [0, 0.05) is 5.30 Å². The monoisotopic (exact) mass is 278 g/mol. The number of halogens is 1. The summed E-state index contributed by atoms with van der Waals surface area (Å²) in [6.45, 7) is 1.70. The van der Waals surface area contributed by atoms with Crippen LogP contribution in [-0.4, -0.2) is 11.8 Å². The first kappa shape index (κ1) is 14.0. The van der Waals surface area contributed by atoms with E-state index in [1.807, 2.05) is 42.5 Å². The third-order valence-electron chi connectivity index (χ3n) is 2.82. The van der Waals surface area contributed by atoms with Crippen LogP contribution in [0.15, 0.2) is 48.5 Å². The molecule has 1 atom stereocenters. The first-order valence-corrected chi connectivity index (χ1v) is 7.69. The van der Waals surface area contributed by atoms with Crippen molar-refractivity contribution < 1.29 is 14.0 Å². The summed E-state index contributed by atoms with van der Waals surface area (Å²) in [5, 5.41) is 9.87. The number of rotatable bonds is 5. The van der Waals surface area contributed by atoms with E-state index >= 15 is 0 Å². The van der Waals surface area contributed by atoms with E-state index in [0.29, 0.717) is 17.5 Å². The summed E-state index contributed by atoms with van der Waals surface area (Å²) in [6, 6.07) is 14.8. The first-order valence-electron chi connectivity index (χ1n) is 6.01. The minimum Gasteiger partial charge on any atom is -0.489 e. The van der Waals surface area contributed by atoms with Crippen LogP contribution in [0.4, 0.5) is 4.20 Å². The van der Waals surface area contributed by atoms with E-state index in [1.165, 1.54) is 6.66 Å². The first-order chi connectivity index (χ1) is 9.22. The van der Waals surface area contributed by atoms with Crippen molar-refractivity contribution in [3.63, 3.8) is 0 Å². The molecule has 0 bridgehead atoms. The van der Waals surface area contributed by atoms with Gasteiger partial charge in [0.15, 0.2) is 0 Å². The lowest BCUT2D eigenvalue weighted by Crippen LogP contribution is -2.15. The minimum absolute atomic E-state index is 0.148. The fourth-order valence-corrected chi connectivity index (χ4v) is 3.04. The average molecular weight is 278 g/mol. The molecule has 1 unspecified atom stereocenters. The van der Waals surface area contributed by atoms with Gasteiger partial charge >= 0.3 is 0 Å². The summed E-state index contributed by atoms with van der Waals surface area (Å²) in [7, 11) is -1.76. The van der Waals surface area contributed by atoms with Gasteiger partial charge in [0.05, 0.1) is 6.61 Å². The molecule has 100 valence electrons. The molecule has 0 aliphatic carbocycles. The van der Waals surface area contributed by atoms with E-state index in [1.54, 1.807) is 6.07 Å². The van der Waals surface area contributed by atoms with Crippen LogP contribution in [0.1, 0.15) is 11.1 Å². The third-order valence-corrected chi connectivity index (χ3v) is 4.01. The maximum Gasteiger partial charge on any atom is 0.119 e. The predicted molar refractivity (Wildman–Crippen MR) is 76.7 cm³/mol. The zero-order valence-electron chi connectivity index (χ0n) is 10.7. The molecule has 0 saturated carbocycles. The van der Waals surface area contributed by atoms with Crippen LogP contribution in [0.5, 0.6) is 5.75 Å². The molecule has 0 aliphatic heterocycles. The smallest absolute Gasteiger partial charge is 0.119 e. The second-order valence-electron chi connectivity index (χ2n) is 4.16. The maximum absolute atomic E-state index is 13.8. The third kappa shape index (κ3) is 3.52. The topological polar surface area (TPSA) is 29.5 Å². The fraction of sp³-hybridized carbons (Fsp3) is 0.200. The van der Waals surface area contributed by atoms with Gasteiger partial charge in [-0.1, -0.05) is 36.4 Å². The maximum atomic E-state index is 13.8. The van der Waals surface area contributed by atoms with Crippen molar-refractivity contribution in [3.05, 3.63) is 59.7 Å². The highest BCUT2D eigenvalue weighted by atomic mass is 31.2. The lowest BCUT2D eigenvalue weighted by Gasteiger charge is -2.15. The minimum atomic E-state index is -1.76. The van der Waals surface area contributed by atoms with Crippen molar-refractivity contribution in [2.24, 2.45) is 0 Å². The standard InChI is InChI=1S/C15H16FO2P/c1-19(16)15-12(10-17)6-5-7-13(15)11-18-14-8-3-2-4-9-14/h2-9,17H,10-11H2,1H3. The Morgan fingerprint density at radius 3 is 2.37 bits per heavy atom. The summed E-state index contributed by atoms with van der Waals surface area (Å²) < 4.78 is 19.4. The molecule has 1 N–H and O–H groups in total. The fourth-order valence-electron chi connectivity index (χ4n) is 1.96. The lowest BCUT2D eigenvalue weighted by molar-refractivity contribution is 0.281. The summed E-state index contributed by atoms with van der Waals surface area (Å²) in [5.74, 6) is 0.752.